The van der Waals surface area contributed by atoms with Crippen LogP contribution in [0.1, 0.15) is 5.56 Å². The van der Waals surface area contributed by atoms with E-state index < -0.39 is 24.3 Å². The SMILES string of the molecule is O=C(O)C(Cc1ccccc1)OC(=O)N1CCOC1=O. The Morgan fingerprint density at radius 2 is 2.05 bits per heavy atom. The highest BCUT2D eigenvalue weighted by Gasteiger charge is 2.33. The van der Waals surface area contributed by atoms with E-state index in [1.807, 2.05) is 0 Å². The van der Waals surface area contributed by atoms with Gasteiger partial charge in [0.2, 0.25) is 6.10 Å². The molecule has 1 heterocycles. The first-order chi connectivity index (χ1) is 9.58. The van der Waals surface area contributed by atoms with Crippen molar-refractivity contribution in [3.05, 3.63) is 35.9 Å². The van der Waals surface area contributed by atoms with Crippen molar-refractivity contribution in [2.75, 3.05) is 13.2 Å². The summed E-state index contributed by atoms with van der Waals surface area (Å²) in [5.74, 6) is -1.27. The summed E-state index contributed by atoms with van der Waals surface area (Å²) in [6, 6.07) is 8.77. The molecule has 1 aliphatic rings. The lowest BCUT2D eigenvalue weighted by molar-refractivity contribution is -0.147. The Morgan fingerprint density at radius 1 is 1.35 bits per heavy atom. The molecule has 0 radical (unpaired) electrons. The summed E-state index contributed by atoms with van der Waals surface area (Å²) < 4.78 is 9.44. The minimum Gasteiger partial charge on any atom is -0.478 e. The van der Waals surface area contributed by atoms with E-state index in [4.69, 9.17) is 9.84 Å². The van der Waals surface area contributed by atoms with E-state index in [9.17, 15) is 14.4 Å². The maximum absolute atomic E-state index is 11.7. The number of aliphatic carboxylic acids is 1. The molecule has 2 rings (SSSR count). The number of imide groups is 1. The number of carbonyl (C=O) groups is 3. The Morgan fingerprint density at radius 3 is 2.60 bits per heavy atom. The number of nitrogens with zero attached hydrogens (tertiary/aromatic N) is 1. The molecule has 20 heavy (non-hydrogen) atoms. The first-order valence-electron chi connectivity index (χ1n) is 5.99. The van der Waals surface area contributed by atoms with Gasteiger partial charge < -0.3 is 14.6 Å². The number of rotatable bonds is 4. The fraction of sp³-hybridized carbons (Fsp3) is 0.308. The molecular formula is C13H13NO6. The first-order valence-corrected chi connectivity index (χ1v) is 5.99. The van der Waals surface area contributed by atoms with E-state index >= 15 is 0 Å². The van der Waals surface area contributed by atoms with Crippen molar-refractivity contribution < 1.29 is 29.0 Å². The van der Waals surface area contributed by atoms with Crippen LogP contribution in [0.3, 0.4) is 0 Å². The van der Waals surface area contributed by atoms with Gasteiger partial charge in [-0.25, -0.2) is 19.3 Å². The van der Waals surface area contributed by atoms with Gasteiger partial charge in [0.05, 0.1) is 6.54 Å². The van der Waals surface area contributed by atoms with Crippen LogP contribution in [0.4, 0.5) is 9.59 Å². The molecule has 1 saturated heterocycles. The molecule has 1 N–H and O–H groups in total. The number of carboxylic acids is 1. The summed E-state index contributed by atoms with van der Waals surface area (Å²) in [4.78, 5) is 34.7. The van der Waals surface area contributed by atoms with Crippen LogP contribution >= 0.6 is 0 Å². The van der Waals surface area contributed by atoms with Gasteiger partial charge in [0.1, 0.15) is 6.61 Å². The molecule has 1 aromatic carbocycles. The second-order valence-electron chi connectivity index (χ2n) is 4.17. The molecule has 0 aliphatic carbocycles. The van der Waals surface area contributed by atoms with E-state index in [2.05, 4.69) is 4.74 Å². The van der Waals surface area contributed by atoms with Gasteiger partial charge in [-0.2, -0.15) is 0 Å². The summed E-state index contributed by atoms with van der Waals surface area (Å²) in [6.07, 6.45) is -3.14. The summed E-state index contributed by atoms with van der Waals surface area (Å²) in [6.45, 7) is 0.152. The second kappa shape index (κ2) is 6.05. The number of ether oxygens (including phenoxy) is 2. The average Bonchev–Trinajstić information content (AvgIpc) is 2.85. The second-order valence-corrected chi connectivity index (χ2v) is 4.17. The molecule has 1 aliphatic heterocycles. The van der Waals surface area contributed by atoms with E-state index in [0.29, 0.717) is 0 Å². The lowest BCUT2D eigenvalue weighted by atomic mass is 10.1. The lowest BCUT2D eigenvalue weighted by Crippen LogP contribution is -2.38. The normalized spacial score (nSPS) is 15.6. The standard InChI is InChI=1S/C13H13NO6/c15-11(16)10(8-9-4-2-1-3-5-9)20-13(18)14-6-7-19-12(14)17/h1-5,10H,6-8H2,(H,15,16). The maximum Gasteiger partial charge on any atom is 0.420 e. The molecule has 7 nitrogen and oxygen atoms in total. The third-order valence-corrected chi connectivity index (χ3v) is 2.76. The van der Waals surface area contributed by atoms with E-state index in [-0.39, 0.29) is 19.6 Å². The number of cyclic esters (lactones) is 1. The zero-order valence-corrected chi connectivity index (χ0v) is 10.5. The predicted octanol–water partition coefficient (Wildman–Crippen LogP) is 1.27. The van der Waals surface area contributed by atoms with Crippen LogP contribution in [-0.4, -0.2) is 47.4 Å². The van der Waals surface area contributed by atoms with Crippen LogP contribution < -0.4 is 0 Å². The summed E-state index contributed by atoms with van der Waals surface area (Å²) >= 11 is 0. The molecule has 1 unspecified atom stereocenters. The molecule has 1 aromatic rings. The fourth-order valence-corrected chi connectivity index (χ4v) is 1.75. The highest BCUT2D eigenvalue weighted by atomic mass is 16.6. The number of amides is 2. The van der Waals surface area contributed by atoms with Crippen LogP contribution in [0.5, 0.6) is 0 Å². The predicted molar refractivity (Wildman–Crippen MR) is 66.1 cm³/mol. The van der Waals surface area contributed by atoms with Crippen LogP contribution in [0.25, 0.3) is 0 Å². The van der Waals surface area contributed by atoms with Gasteiger partial charge in [-0.3, -0.25) is 0 Å². The Bertz CT molecular complexity index is 515. The molecule has 1 atom stereocenters. The topological polar surface area (TPSA) is 93.1 Å². The third-order valence-electron chi connectivity index (χ3n) is 2.76. The average molecular weight is 279 g/mol. The minimum atomic E-state index is -1.35. The van der Waals surface area contributed by atoms with E-state index in [1.54, 1.807) is 30.3 Å². The molecule has 0 spiro atoms. The van der Waals surface area contributed by atoms with E-state index in [1.165, 1.54) is 0 Å². The highest BCUT2D eigenvalue weighted by molar-refractivity contribution is 5.90. The highest BCUT2D eigenvalue weighted by Crippen LogP contribution is 2.11. The van der Waals surface area contributed by atoms with Crippen molar-refractivity contribution in [3.63, 3.8) is 0 Å². The number of carboxylic acid groups (broad SMARTS) is 1. The van der Waals surface area contributed by atoms with Gasteiger partial charge in [-0.1, -0.05) is 30.3 Å². The maximum atomic E-state index is 11.7. The summed E-state index contributed by atoms with van der Waals surface area (Å²) in [5, 5.41) is 9.08. The molecule has 106 valence electrons. The largest absolute Gasteiger partial charge is 0.478 e. The van der Waals surface area contributed by atoms with Gasteiger partial charge in [-0.05, 0) is 5.56 Å². The first kappa shape index (κ1) is 13.9. The number of hydrogen-bond acceptors (Lipinski definition) is 5. The Kier molecular flexibility index (Phi) is 4.19. The molecule has 0 bridgehead atoms. The van der Waals surface area contributed by atoms with Gasteiger partial charge in [0.15, 0.2) is 0 Å². The third kappa shape index (κ3) is 3.25. The quantitative estimate of drug-likeness (QED) is 0.892. The molecular weight excluding hydrogens is 266 g/mol. The number of benzene rings is 1. The Balaban J connectivity index is 2.01. The van der Waals surface area contributed by atoms with E-state index in [0.717, 1.165) is 10.5 Å². The molecule has 1 fully saturated rings. The smallest absolute Gasteiger partial charge is 0.420 e. The van der Waals surface area contributed by atoms with Gasteiger partial charge in [-0.15, -0.1) is 0 Å². The summed E-state index contributed by atoms with van der Waals surface area (Å²) in [5.41, 5.74) is 0.719. The summed E-state index contributed by atoms with van der Waals surface area (Å²) in [7, 11) is 0. The van der Waals surface area contributed by atoms with Crippen molar-refractivity contribution in [3.8, 4) is 0 Å². The van der Waals surface area contributed by atoms with Gasteiger partial charge in [0.25, 0.3) is 0 Å². The van der Waals surface area contributed by atoms with Crippen LogP contribution in [0.2, 0.25) is 0 Å². The molecule has 7 heteroatoms. The van der Waals surface area contributed by atoms with Gasteiger partial charge >= 0.3 is 18.2 Å². The number of carbonyl (C=O) groups excluding carboxylic acids is 2. The lowest BCUT2D eigenvalue weighted by Gasteiger charge is -2.17. The van der Waals surface area contributed by atoms with Crippen molar-refractivity contribution in [2.45, 2.75) is 12.5 Å². The fourth-order valence-electron chi connectivity index (χ4n) is 1.75. The monoisotopic (exact) mass is 279 g/mol. The van der Waals surface area contributed by atoms with Crippen molar-refractivity contribution in [2.24, 2.45) is 0 Å². The Labute approximate surface area is 114 Å². The zero-order chi connectivity index (χ0) is 14.5. The van der Waals surface area contributed by atoms with Crippen molar-refractivity contribution >= 4 is 18.2 Å². The zero-order valence-electron chi connectivity index (χ0n) is 10.5. The molecule has 0 saturated carbocycles. The van der Waals surface area contributed by atoms with Crippen LogP contribution in [0.15, 0.2) is 30.3 Å². The van der Waals surface area contributed by atoms with Crippen molar-refractivity contribution in [1.82, 2.24) is 4.90 Å². The molecule has 0 aromatic heterocycles. The van der Waals surface area contributed by atoms with Crippen LogP contribution in [0, 0.1) is 0 Å². The van der Waals surface area contributed by atoms with Gasteiger partial charge in [0, 0.05) is 6.42 Å². The van der Waals surface area contributed by atoms with Crippen molar-refractivity contribution in [1.29, 1.82) is 0 Å². The Hall–Kier alpha value is -2.57. The molecule has 2 amide bonds. The minimum absolute atomic E-state index is 0.0325. The number of hydrogen-bond donors (Lipinski definition) is 1. The van der Waals surface area contributed by atoms with Crippen LogP contribution in [-0.2, 0) is 20.7 Å².